The third-order valence-electron chi connectivity index (χ3n) is 3.56. The lowest BCUT2D eigenvalue weighted by atomic mass is 9.95. The molecule has 0 aromatic heterocycles. The third-order valence-corrected chi connectivity index (χ3v) is 3.56. The molecule has 0 aromatic carbocycles. The number of rotatable bonds is 3. The van der Waals surface area contributed by atoms with E-state index in [-0.39, 0.29) is 5.91 Å². The standard InChI is InChI=1S/C13H26N2O/c1-4-8-13(3,14)12(16)15-9-5-6-11(2)7-10-15/h11H,4-10,14H2,1-3H3. The van der Waals surface area contributed by atoms with Gasteiger partial charge in [-0.15, -0.1) is 0 Å². The molecule has 1 saturated heterocycles. The molecule has 2 unspecified atom stereocenters. The zero-order valence-electron chi connectivity index (χ0n) is 11.0. The molecule has 0 bridgehead atoms. The Bertz CT molecular complexity index is 238. The molecule has 1 aliphatic heterocycles. The summed E-state index contributed by atoms with van der Waals surface area (Å²) in [4.78, 5) is 14.2. The van der Waals surface area contributed by atoms with Gasteiger partial charge in [0.25, 0.3) is 0 Å². The summed E-state index contributed by atoms with van der Waals surface area (Å²) in [5.41, 5.74) is 5.43. The maximum atomic E-state index is 12.3. The Hall–Kier alpha value is -0.570. The van der Waals surface area contributed by atoms with Gasteiger partial charge in [0, 0.05) is 13.1 Å². The Balaban J connectivity index is 2.58. The molecule has 0 saturated carbocycles. The molecule has 0 aromatic rings. The number of nitrogens with zero attached hydrogens (tertiary/aromatic N) is 1. The lowest BCUT2D eigenvalue weighted by molar-refractivity contribution is -0.136. The van der Waals surface area contributed by atoms with E-state index in [0.29, 0.717) is 0 Å². The molecule has 1 amide bonds. The zero-order valence-corrected chi connectivity index (χ0v) is 11.0. The van der Waals surface area contributed by atoms with Crippen LogP contribution < -0.4 is 5.73 Å². The number of amides is 1. The van der Waals surface area contributed by atoms with Crippen molar-refractivity contribution in [1.29, 1.82) is 0 Å². The highest BCUT2D eigenvalue weighted by Crippen LogP contribution is 2.20. The zero-order chi connectivity index (χ0) is 12.2. The fourth-order valence-corrected chi connectivity index (χ4v) is 2.45. The van der Waals surface area contributed by atoms with Crippen molar-refractivity contribution in [3.05, 3.63) is 0 Å². The van der Waals surface area contributed by atoms with E-state index in [4.69, 9.17) is 5.73 Å². The van der Waals surface area contributed by atoms with Crippen LogP contribution in [0.2, 0.25) is 0 Å². The molecule has 1 heterocycles. The molecular formula is C13H26N2O. The maximum Gasteiger partial charge on any atom is 0.242 e. The second-order valence-electron chi connectivity index (χ2n) is 5.50. The highest BCUT2D eigenvalue weighted by Gasteiger charge is 2.32. The molecule has 2 N–H and O–H groups in total. The van der Waals surface area contributed by atoms with Crippen LogP contribution in [0.25, 0.3) is 0 Å². The first kappa shape index (κ1) is 13.5. The van der Waals surface area contributed by atoms with Gasteiger partial charge < -0.3 is 10.6 Å². The number of hydrogen-bond donors (Lipinski definition) is 1. The van der Waals surface area contributed by atoms with Gasteiger partial charge in [-0.05, 0) is 38.5 Å². The van der Waals surface area contributed by atoms with Gasteiger partial charge in [-0.3, -0.25) is 4.79 Å². The molecule has 16 heavy (non-hydrogen) atoms. The van der Waals surface area contributed by atoms with Gasteiger partial charge in [-0.25, -0.2) is 0 Å². The minimum atomic E-state index is -0.664. The molecule has 2 atom stereocenters. The van der Waals surface area contributed by atoms with Crippen molar-refractivity contribution in [2.45, 2.75) is 58.4 Å². The molecule has 0 radical (unpaired) electrons. The van der Waals surface area contributed by atoms with E-state index in [0.717, 1.165) is 44.7 Å². The molecule has 0 aliphatic carbocycles. The number of carbonyl (C=O) groups excluding carboxylic acids is 1. The van der Waals surface area contributed by atoms with Gasteiger partial charge in [0.1, 0.15) is 0 Å². The normalized spacial score (nSPS) is 26.0. The van der Waals surface area contributed by atoms with Crippen molar-refractivity contribution >= 4 is 5.91 Å². The third kappa shape index (κ3) is 3.48. The average Bonchev–Trinajstić information content (AvgIpc) is 2.42. The SMILES string of the molecule is CCCC(C)(N)C(=O)N1CCCC(C)CC1. The minimum Gasteiger partial charge on any atom is -0.341 e. The van der Waals surface area contributed by atoms with Crippen molar-refractivity contribution in [2.24, 2.45) is 11.7 Å². The summed E-state index contributed by atoms with van der Waals surface area (Å²) in [6, 6.07) is 0. The van der Waals surface area contributed by atoms with Crippen LogP contribution in [0.5, 0.6) is 0 Å². The molecule has 94 valence electrons. The van der Waals surface area contributed by atoms with Crippen LogP contribution in [0.4, 0.5) is 0 Å². The smallest absolute Gasteiger partial charge is 0.242 e. The van der Waals surface area contributed by atoms with Crippen molar-refractivity contribution in [2.75, 3.05) is 13.1 Å². The summed E-state index contributed by atoms with van der Waals surface area (Å²) in [7, 11) is 0. The van der Waals surface area contributed by atoms with Crippen LogP contribution in [0.1, 0.15) is 52.9 Å². The molecule has 1 fully saturated rings. The van der Waals surface area contributed by atoms with Gasteiger partial charge in [0.2, 0.25) is 5.91 Å². The quantitative estimate of drug-likeness (QED) is 0.801. The second kappa shape index (κ2) is 5.67. The Morgan fingerprint density at radius 3 is 2.75 bits per heavy atom. The van der Waals surface area contributed by atoms with E-state index >= 15 is 0 Å². The number of hydrogen-bond acceptors (Lipinski definition) is 2. The summed E-state index contributed by atoms with van der Waals surface area (Å²) in [5, 5.41) is 0. The van der Waals surface area contributed by atoms with E-state index in [1.54, 1.807) is 0 Å². The van der Waals surface area contributed by atoms with Crippen molar-refractivity contribution in [3.63, 3.8) is 0 Å². The van der Waals surface area contributed by atoms with E-state index in [9.17, 15) is 4.79 Å². The lowest BCUT2D eigenvalue weighted by Gasteiger charge is -2.31. The van der Waals surface area contributed by atoms with Crippen LogP contribution in [0.15, 0.2) is 0 Å². The summed E-state index contributed by atoms with van der Waals surface area (Å²) >= 11 is 0. The van der Waals surface area contributed by atoms with Crippen molar-refractivity contribution < 1.29 is 4.79 Å². The van der Waals surface area contributed by atoms with Crippen LogP contribution in [0, 0.1) is 5.92 Å². The fourth-order valence-electron chi connectivity index (χ4n) is 2.45. The molecular weight excluding hydrogens is 200 g/mol. The topological polar surface area (TPSA) is 46.3 Å². The summed E-state index contributed by atoms with van der Waals surface area (Å²) < 4.78 is 0. The van der Waals surface area contributed by atoms with Crippen molar-refractivity contribution in [1.82, 2.24) is 4.90 Å². The number of carbonyl (C=O) groups is 1. The monoisotopic (exact) mass is 226 g/mol. The first-order valence-corrected chi connectivity index (χ1v) is 6.55. The van der Waals surface area contributed by atoms with E-state index < -0.39 is 5.54 Å². The van der Waals surface area contributed by atoms with Gasteiger partial charge >= 0.3 is 0 Å². The second-order valence-corrected chi connectivity index (χ2v) is 5.50. The molecule has 3 heteroatoms. The maximum absolute atomic E-state index is 12.3. The Morgan fingerprint density at radius 2 is 2.12 bits per heavy atom. The highest BCUT2D eigenvalue weighted by atomic mass is 16.2. The van der Waals surface area contributed by atoms with E-state index in [1.807, 2.05) is 11.8 Å². The van der Waals surface area contributed by atoms with Gasteiger partial charge in [-0.2, -0.15) is 0 Å². The minimum absolute atomic E-state index is 0.142. The molecule has 0 spiro atoms. The first-order chi connectivity index (χ1) is 7.47. The summed E-state index contributed by atoms with van der Waals surface area (Å²) in [5.74, 6) is 0.886. The summed E-state index contributed by atoms with van der Waals surface area (Å²) in [6.07, 6.45) is 5.21. The average molecular weight is 226 g/mol. The van der Waals surface area contributed by atoms with Crippen LogP contribution in [0.3, 0.4) is 0 Å². The van der Waals surface area contributed by atoms with Crippen LogP contribution in [-0.2, 0) is 4.79 Å². The van der Waals surface area contributed by atoms with Crippen LogP contribution in [-0.4, -0.2) is 29.4 Å². The van der Waals surface area contributed by atoms with Gasteiger partial charge in [0.15, 0.2) is 0 Å². The Morgan fingerprint density at radius 1 is 1.44 bits per heavy atom. The molecule has 3 nitrogen and oxygen atoms in total. The Kier molecular flexibility index (Phi) is 4.78. The van der Waals surface area contributed by atoms with Gasteiger partial charge in [0.05, 0.1) is 5.54 Å². The fraction of sp³-hybridized carbons (Fsp3) is 0.923. The Labute approximate surface area is 99.4 Å². The number of nitrogens with two attached hydrogens (primary N) is 1. The van der Waals surface area contributed by atoms with Crippen LogP contribution >= 0.6 is 0 Å². The van der Waals surface area contributed by atoms with E-state index in [1.165, 1.54) is 6.42 Å². The molecule has 1 rings (SSSR count). The first-order valence-electron chi connectivity index (χ1n) is 6.55. The number of likely N-dealkylation sites (tertiary alicyclic amines) is 1. The summed E-state index contributed by atoms with van der Waals surface area (Å²) in [6.45, 7) is 7.98. The predicted molar refractivity (Wildman–Crippen MR) is 67.1 cm³/mol. The predicted octanol–water partition coefficient (Wildman–Crippen LogP) is 2.15. The van der Waals surface area contributed by atoms with Gasteiger partial charge in [-0.1, -0.05) is 20.3 Å². The largest absolute Gasteiger partial charge is 0.341 e. The highest BCUT2D eigenvalue weighted by molar-refractivity contribution is 5.85. The van der Waals surface area contributed by atoms with E-state index in [2.05, 4.69) is 13.8 Å². The lowest BCUT2D eigenvalue weighted by Crippen LogP contribution is -2.53. The molecule has 1 aliphatic rings. The van der Waals surface area contributed by atoms with Crippen molar-refractivity contribution in [3.8, 4) is 0 Å².